The number of halogens is 1. The first-order valence-corrected chi connectivity index (χ1v) is 14.5. The Balaban J connectivity index is 1.50. The molecule has 0 bridgehead atoms. The number of hydrogen-bond donors (Lipinski definition) is 2. The molecule has 4 rings (SSSR count). The fourth-order valence-electron chi connectivity index (χ4n) is 4.17. The lowest BCUT2D eigenvalue weighted by Gasteiger charge is -2.17. The third-order valence-corrected chi connectivity index (χ3v) is 6.62. The number of unbranched alkanes of at least 4 members (excludes halogenated alkanes) is 1. The molecule has 3 aromatic carbocycles. The van der Waals surface area contributed by atoms with Crippen molar-refractivity contribution in [3.63, 3.8) is 0 Å². The maximum atomic E-state index is 13.1. The lowest BCUT2D eigenvalue weighted by Crippen LogP contribution is -2.34. The summed E-state index contributed by atoms with van der Waals surface area (Å²) in [5.41, 5.74) is 4.17. The van der Waals surface area contributed by atoms with Gasteiger partial charge in [0.1, 0.15) is 11.0 Å². The summed E-state index contributed by atoms with van der Waals surface area (Å²) in [6.07, 6.45) is 3.36. The summed E-state index contributed by atoms with van der Waals surface area (Å²) >= 11 is 11.9. The molecule has 1 heterocycles. The molecule has 2 N–H and O–H groups in total. The van der Waals surface area contributed by atoms with Gasteiger partial charge in [0.2, 0.25) is 5.75 Å². The average Bonchev–Trinajstić information content (AvgIpc) is 3.36. The number of aromatic nitrogens is 3. The molecule has 0 aliphatic rings. The third kappa shape index (κ3) is 7.45. The maximum Gasteiger partial charge on any atom is 0.257 e. The van der Waals surface area contributed by atoms with Crippen LogP contribution in [0.4, 0.5) is 5.69 Å². The van der Waals surface area contributed by atoms with Crippen LogP contribution in [0.25, 0.3) is 16.7 Å². The van der Waals surface area contributed by atoms with E-state index in [-0.39, 0.29) is 5.11 Å². The van der Waals surface area contributed by atoms with Crippen molar-refractivity contribution in [2.24, 2.45) is 0 Å². The zero-order valence-electron chi connectivity index (χ0n) is 23.6. The number of aryl methyl sites for hydroxylation is 1. The third-order valence-electron chi connectivity index (χ3n) is 6.10. The standard InChI is InChI=1S/C30H34ClN5O4S/c1-5-9-10-19-11-13-21(14-12-19)36-34-24-17-22(31)23(18-25(24)35-36)32-30(41)33-29(37)20-15-26(38-6-2)28(40-8-4)27(16-20)39-7-3/h11-18H,5-10H2,1-4H3,(H2,32,33,37,41). The van der Waals surface area contributed by atoms with Crippen LogP contribution in [0.15, 0.2) is 48.5 Å². The molecular formula is C30H34ClN5O4S. The number of fused-ring (bicyclic) bond motifs is 1. The van der Waals surface area contributed by atoms with Gasteiger partial charge in [-0.1, -0.05) is 37.1 Å². The van der Waals surface area contributed by atoms with E-state index in [1.54, 1.807) is 29.1 Å². The highest BCUT2D eigenvalue weighted by molar-refractivity contribution is 7.80. The Morgan fingerprint density at radius 3 is 2.10 bits per heavy atom. The number of ether oxygens (including phenoxy) is 3. The second-order valence-corrected chi connectivity index (χ2v) is 9.90. The number of nitrogens with zero attached hydrogens (tertiary/aromatic N) is 3. The van der Waals surface area contributed by atoms with Crippen molar-refractivity contribution < 1.29 is 19.0 Å². The lowest BCUT2D eigenvalue weighted by atomic mass is 10.1. The molecule has 216 valence electrons. The Morgan fingerprint density at radius 1 is 0.902 bits per heavy atom. The van der Waals surface area contributed by atoms with Crippen LogP contribution in [0.1, 0.15) is 56.5 Å². The van der Waals surface area contributed by atoms with Crippen molar-refractivity contribution in [2.75, 3.05) is 25.1 Å². The van der Waals surface area contributed by atoms with E-state index in [2.05, 4.69) is 39.9 Å². The van der Waals surface area contributed by atoms with E-state index in [0.717, 1.165) is 24.9 Å². The monoisotopic (exact) mass is 595 g/mol. The first-order chi connectivity index (χ1) is 19.9. The number of hydrogen-bond acceptors (Lipinski definition) is 7. The van der Waals surface area contributed by atoms with Gasteiger partial charge >= 0.3 is 0 Å². The molecule has 0 spiro atoms. The minimum Gasteiger partial charge on any atom is -0.490 e. The Labute approximate surface area is 250 Å². The fourth-order valence-corrected chi connectivity index (χ4v) is 4.58. The van der Waals surface area contributed by atoms with Crippen LogP contribution in [0, 0.1) is 0 Å². The van der Waals surface area contributed by atoms with Gasteiger partial charge in [-0.3, -0.25) is 10.1 Å². The molecule has 0 unspecified atom stereocenters. The smallest absolute Gasteiger partial charge is 0.257 e. The molecular weight excluding hydrogens is 562 g/mol. The van der Waals surface area contributed by atoms with E-state index >= 15 is 0 Å². The Hall–Kier alpha value is -3.89. The molecule has 0 aliphatic heterocycles. The van der Waals surface area contributed by atoms with Crippen LogP contribution in [0.2, 0.25) is 5.02 Å². The summed E-state index contributed by atoms with van der Waals surface area (Å²) in [5, 5.41) is 15.3. The number of rotatable bonds is 12. The molecule has 0 saturated carbocycles. The van der Waals surface area contributed by atoms with Crippen LogP contribution in [0.5, 0.6) is 17.2 Å². The molecule has 0 fully saturated rings. The van der Waals surface area contributed by atoms with Crippen molar-refractivity contribution >= 4 is 51.6 Å². The van der Waals surface area contributed by atoms with Gasteiger partial charge in [-0.05, 0) is 87.8 Å². The van der Waals surface area contributed by atoms with E-state index in [4.69, 9.17) is 38.0 Å². The zero-order chi connectivity index (χ0) is 29.4. The van der Waals surface area contributed by atoms with Gasteiger partial charge in [-0.15, -0.1) is 10.2 Å². The molecule has 4 aromatic rings. The molecule has 1 aromatic heterocycles. The molecule has 0 radical (unpaired) electrons. The van der Waals surface area contributed by atoms with Crippen LogP contribution in [0.3, 0.4) is 0 Å². The minimum atomic E-state index is -0.446. The Bertz CT molecular complexity index is 1500. The van der Waals surface area contributed by atoms with E-state index < -0.39 is 5.91 Å². The highest BCUT2D eigenvalue weighted by Gasteiger charge is 2.19. The highest BCUT2D eigenvalue weighted by Crippen LogP contribution is 2.39. The van der Waals surface area contributed by atoms with Crippen LogP contribution < -0.4 is 24.8 Å². The summed E-state index contributed by atoms with van der Waals surface area (Å²) in [7, 11) is 0. The van der Waals surface area contributed by atoms with Gasteiger partial charge in [0, 0.05) is 5.56 Å². The van der Waals surface area contributed by atoms with Gasteiger partial charge in [0.15, 0.2) is 16.6 Å². The van der Waals surface area contributed by atoms with Crippen LogP contribution >= 0.6 is 23.8 Å². The molecule has 0 atom stereocenters. The topological polar surface area (TPSA) is 99.5 Å². The molecule has 11 heteroatoms. The van der Waals surface area contributed by atoms with E-state index in [0.29, 0.717) is 64.4 Å². The average molecular weight is 596 g/mol. The van der Waals surface area contributed by atoms with Crippen molar-refractivity contribution in [1.29, 1.82) is 0 Å². The molecule has 41 heavy (non-hydrogen) atoms. The van der Waals surface area contributed by atoms with Gasteiger partial charge in [-0.2, -0.15) is 4.80 Å². The molecule has 1 amide bonds. The minimum absolute atomic E-state index is 0.0658. The predicted molar refractivity (Wildman–Crippen MR) is 166 cm³/mol. The maximum absolute atomic E-state index is 13.1. The van der Waals surface area contributed by atoms with Gasteiger partial charge in [0.05, 0.1) is 36.2 Å². The van der Waals surface area contributed by atoms with Crippen molar-refractivity contribution in [3.05, 3.63) is 64.7 Å². The van der Waals surface area contributed by atoms with Crippen LogP contribution in [-0.4, -0.2) is 45.8 Å². The Morgan fingerprint density at radius 2 is 1.51 bits per heavy atom. The number of amides is 1. The second-order valence-electron chi connectivity index (χ2n) is 9.09. The molecule has 0 aliphatic carbocycles. The quantitative estimate of drug-likeness (QED) is 0.174. The number of nitrogens with one attached hydrogen (secondary N) is 2. The predicted octanol–water partition coefficient (Wildman–Crippen LogP) is 6.74. The van der Waals surface area contributed by atoms with E-state index in [1.165, 1.54) is 5.56 Å². The van der Waals surface area contributed by atoms with Crippen molar-refractivity contribution in [1.82, 2.24) is 20.3 Å². The Kier molecular flexibility index (Phi) is 10.4. The number of carbonyl (C=O) groups is 1. The van der Waals surface area contributed by atoms with E-state index in [1.807, 2.05) is 32.9 Å². The summed E-state index contributed by atoms with van der Waals surface area (Å²) in [6, 6.07) is 14.8. The first kappa shape index (κ1) is 30.1. The first-order valence-electron chi connectivity index (χ1n) is 13.7. The van der Waals surface area contributed by atoms with E-state index in [9.17, 15) is 4.79 Å². The summed E-state index contributed by atoms with van der Waals surface area (Å²) in [5.74, 6) is 0.833. The SMILES string of the molecule is CCCCc1ccc(-n2nc3cc(Cl)c(NC(=S)NC(=O)c4cc(OCC)c(OCC)c(OCC)c4)cc3n2)cc1. The van der Waals surface area contributed by atoms with Crippen molar-refractivity contribution in [2.45, 2.75) is 47.0 Å². The normalized spacial score (nSPS) is 10.9. The number of thiocarbonyl (C=S) groups is 1. The zero-order valence-corrected chi connectivity index (χ0v) is 25.2. The lowest BCUT2D eigenvalue weighted by molar-refractivity contribution is 0.0976. The molecule has 9 nitrogen and oxygen atoms in total. The van der Waals surface area contributed by atoms with Gasteiger partial charge in [-0.25, -0.2) is 0 Å². The summed E-state index contributed by atoms with van der Waals surface area (Å²) in [4.78, 5) is 14.7. The molecule has 0 saturated heterocycles. The van der Waals surface area contributed by atoms with Gasteiger partial charge in [0.25, 0.3) is 5.91 Å². The van der Waals surface area contributed by atoms with Gasteiger partial charge < -0.3 is 19.5 Å². The number of anilines is 1. The number of carbonyl (C=O) groups excluding carboxylic acids is 1. The second kappa shape index (κ2) is 14.1. The number of benzene rings is 3. The largest absolute Gasteiger partial charge is 0.490 e. The fraction of sp³-hybridized carbons (Fsp3) is 0.333. The van der Waals surface area contributed by atoms with Crippen molar-refractivity contribution in [3.8, 4) is 22.9 Å². The van der Waals surface area contributed by atoms with Crippen LogP contribution in [-0.2, 0) is 6.42 Å². The summed E-state index contributed by atoms with van der Waals surface area (Å²) < 4.78 is 17.1. The summed E-state index contributed by atoms with van der Waals surface area (Å²) in [6.45, 7) is 8.96. The highest BCUT2D eigenvalue weighted by atomic mass is 35.5.